The van der Waals surface area contributed by atoms with Crippen LogP contribution in [0.5, 0.6) is 0 Å². The third kappa shape index (κ3) is 7.17. The van der Waals surface area contributed by atoms with Gasteiger partial charge in [-0.1, -0.05) is 5.16 Å². The highest BCUT2D eigenvalue weighted by Crippen LogP contribution is 2.15. The third-order valence-electron chi connectivity index (χ3n) is 2.07. The summed E-state index contributed by atoms with van der Waals surface area (Å²) < 4.78 is 9.89. The molecule has 0 aliphatic carbocycles. The Labute approximate surface area is 122 Å². The molecule has 0 atom stereocenters. The number of nitrogen functional groups attached to an aromatic ring is 1. The number of rotatable bonds is 6. The van der Waals surface area contributed by atoms with Crippen LogP contribution < -0.4 is 11.5 Å². The Kier molecular flexibility index (Phi) is 7.78. The summed E-state index contributed by atoms with van der Waals surface area (Å²) >= 11 is 1.81. The number of hydrogen-bond donors (Lipinski definition) is 2. The smallest absolute Gasteiger partial charge is 0.318 e. The largest absolute Gasteiger partial charge is 0.464 e. The predicted octanol–water partition coefficient (Wildman–Crippen LogP) is 1.18. The minimum absolute atomic E-state index is 0.106. The van der Waals surface area contributed by atoms with Crippen LogP contribution in [0.2, 0.25) is 0 Å². The molecule has 2 rings (SSSR count). The minimum Gasteiger partial charge on any atom is -0.464 e. The lowest BCUT2D eigenvalue weighted by Gasteiger charge is -2.05. The first-order chi connectivity index (χ1) is 9.61. The van der Waals surface area contributed by atoms with Crippen molar-refractivity contribution in [2.75, 3.05) is 32.1 Å². The van der Waals surface area contributed by atoms with Gasteiger partial charge in [0.25, 0.3) is 0 Å². The molecule has 0 aliphatic heterocycles. The summed E-state index contributed by atoms with van der Waals surface area (Å²) in [7, 11) is 4.07. The fourth-order valence-corrected chi connectivity index (χ4v) is 2.00. The van der Waals surface area contributed by atoms with Crippen molar-refractivity contribution in [1.82, 2.24) is 15.0 Å². The Bertz CT molecular complexity index is 458. The Morgan fingerprint density at radius 2 is 2.05 bits per heavy atom. The molecule has 20 heavy (non-hydrogen) atoms. The van der Waals surface area contributed by atoms with Gasteiger partial charge in [-0.3, -0.25) is 0 Å². The van der Waals surface area contributed by atoms with Crippen LogP contribution in [0.4, 0.5) is 6.01 Å². The maximum absolute atomic E-state index is 5.64. The maximum atomic E-state index is 5.64. The molecule has 0 saturated heterocycles. The van der Waals surface area contributed by atoms with E-state index in [9.17, 15) is 0 Å². The molecule has 0 aliphatic rings. The lowest BCUT2D eigenvalue weighted by Crippen LogP contribution is -2.09. The molecule has 7 nitrogen and oxygen atoms in total. The van der Waals surface area contributed by atoms with E-state index in [1.54, 1.807) is 11.8 Å². The quantitative estimate of drug-likeness (QED) is 0.766. The van der Waals surface area contributed by atoms with Gasteiger partial charge >= 0.3 is 6.01 Å². The average Bonchev–Trinajstić information content (AvgIpc) is 3.02. The van der Waals surface area contributed by atoms with E-state index < -0.39 is 0 Å². The molecule has 0 saturated carbocycles. The van der Waals surface area contributed by atoms with Gasteiger partial charge in [-0.2, -0.15) is 16.7 Å². The van der Waals surface area contributed by atoms with Gasteiger partial charge in [0.05, 0.1) is 12.3 Å². The molecule has 0 fully saturated rings. The van der Waals surface area contributed by atoms with E-state index in [0.29, 0.717) is 0 Å². The molecule has 0 radical (unpaired) electrons. The van der Waals surface area contributed by atoms with E-state index in [4.69, 9.17) is 15.9 Å². The highest BCUT2D eigenvalue weighted by atomic mass is 32.2. The molecule has 0 aromatic carbocycles. The van der Waals surface area contributed by atoms with Crippen molar-refractivity contribution in [3.05, 3.63) is 30.0 Å². The first kappa shape index (κ1) is 16.5. The van der Waals surface area contributed by atoms with E-state index in [0.717, 1.165) is 36.1 Å². The molecule has 2 heterocycles. The predicted molar refractivity (Wildman–Crippen MR) is 80.0 cm³/mol. The summed E-state index contributed by atoms with van der Waals surface area (Å²) in [5.74, 6) is 3.98. The van der Waals surface area contributed by atoms with Crippen LogP contribution in [-0.4, -0.2) is 41.4 Å². The standard InChI is InChI=1S/C10H18N2OS.C2H3N3O/c1-12(2)7-9-3-4-10(13-9)8-14-6-5-11;3-2-4-1-5-6-2/h3-4H,5-8,11H2,1-2H3;1H,(H2,3,4,5). The zero-order valence-corrected chi connectivity index (χ0v) is 12.6. The van der Waals surface area contributed by atoms with Crippen LogP contribution in [0.25, 0.3) is 0 Å². The normalized spacial score (nSPS) is 10.4. The summed E-state index contributed by atoms with van der Waals surface area (Å²) in [5.41, 5.74) is 10.3. The summed E-state index contributed by atoms with van der Waals surface area (Å²) in [6, 6.07) is 4.19. The van der Waals surface area contributed by atoms with Crippen LogP contribution in [0, 0.1) is 0 Å². The van der Waals surface area contributed by atoms with E-state index in [1.807, 2.05) is 26.2 Å². The molecule has 0 bridgehead atoms. The second-order valence-electron chi connectivity index (χ2n) is 4.23. The molecule has 0 spiro atoms. The summed E-state index contributed by atoms with van der Waals surface area (Å²) in [6.45, 7) is 1.59. The van der Waals surface area contributed by atoms with E-state index >= 15 is 0 Å². The molecule has 2 aromatic heterocycles. The summed E-state index contributed by atoms with van der Waals surface area (Å²) in [5, 5.41) is 3.21. The number of nitrogens with two attached hydrogens (primary N) is 2. The SMILES string of the molecule is CN(C)Cc1ccc(CSCCN)o1.Nc1ncno1. The zero-order chi connectivity index (χ0) is 14.8. The second kappa shape index (κ2) is 9.40. The lowest BCUT2D eigenvalue weighted by molar-refractivity contribution is 0.344. The van der Waals surface area contributed by atoms with Crippen LogP contribution in [0.3, 0.4) is 0 Å². The van der Waals surface area contributed by atoms with Gasteiger partial charge in [-0.15, -0.1) is 0 Å². The fraction of sp³-hybridized carbons (Fsp3) is 0.500. The van der Waals surface area contributed by atoms with Crippen molar-refractivity contribution in [2.24, 2.45) is 5.73 Å². The molecular weight excluding hydrogens is 278 g/mol. The molecule has 112 valence electrons. The summed E-state index contributed by atoms with van der Waals surface area (Å²) in [6.07, 6.45) is 1.25. The van der Waals surface area contributed by atoms with Gasteiger partial charge in [0.15, 0.2) is 6.33 Å². The Morgan fingerprint density at radius 1 is 1.30 bits per heavy atom. The van der Waals surface area contributed by atoms with Crippen molar-refractivity contribution < 1.29 is 8.94 Å². The van der Waals surface area contributed by atoms with Gasteiger partial charge < -0.3 is 25.3 Å². The van der Waals surface area contributed by atoms with E-state index in [2.05, 4.69) is 19.6 Å². The molecule has 0 unspecified atom stereocenters. The Morgan fingerprint density at radius 3 is 2.55 bits per heavy atom. The monoisotopic (exact) mass is 299 g/mol. The highest BCUT2D eigenvalue weighted by Gasteiger charge is 2.02. The van der Waals surface area contributed by atoms with Gasteiger partial charge in [0.1, 0.15) is 11.5 Å². The number of hydrogen-bond acceptors (Lipinski definition) is 8. The number of aromatic nitrogens is 2. The first-order valence-corrected chi connectivity index (χ1v) is 7.29. The van der Waals surface area contributed by atoms with Crippen molar-refractivity contribution in [1.29, 1.82) is 0 Å². The number of thioether (sulfide) groups is 1. The van der Waals surface area contributed by atoms with Crippen LogP contribution in [0.15, 0.2) is 27.4 Å². The topological polar surface area (TPSA) is 107 Å². The summed E-state index contributed by atoms with van der Waals surface area (Å²) in [4.78, 5) is 5.51. The van der Waals surface area contributed by atoms with E-state index in [-0.39, 0.29) is 6.01 Å². The third-order valence-corrected chi connectivity index (χ3v) is 3.09. The number of nitrogens with zero attached hydrogens (tertiary/aromatic N) is 3. The first-order valence-electron chi connectivity index (χ1n) is 6.14. The van der Waals surface area contributed by atoms with Gasteiger partial charge in [0.2, 0.25) is 0 Å². The highest BCUT2D eigenvalue weighted by molar-refractivity contribution is 7.98. The second-order valence-corrected chi connectivity index (χ2v) is 5.33. The number of furan rings is 1. The molecule has 4 N–H and O–H groups in total. The van der Waals surface area contributed by atoms with Gasteiger partial charge in [-0.25, -0.2) is 0 Å². The Hall–Kier alpha value is -1.51. The van der Waals surface area contributed by atoms with Gasteiger partial charge in [0, 0.05) is 12.3 Å². The molecule has 8 heteroatoms. The minimum atomic E-state index is 0.106. The molecular formula is C12H21N5O2S. The van der Waals surface area contributed by atoms with Crippen LogP contribution in [0.1, 0.15) is 11.5 Å². The lowest BCUT2D eigenvalue weighted by atomic mass is 10.4. The maximum Gasteiger partial charge on any atom is 0.318 e. The van der Waals surface area contributed by atoms with Crippen molar-refractivity contribution in [3.63, 3.8) is 0 Å². The van der Waals surface area contributed by atoms with Gasteiger partial charge in [-0.05, 0) is 26.2 Å². The van der Waals surface area contributed by atoms with Crippen molar-refractivity contribution in [2.45, 2.75) is 12.3 Å². The van der Waals surface area contributed by atoms with E-state index in [1.165, 1.54) is 6.33 Å². The van der Waals surface area contributed by atoms with Crippen LogP contribution >= 0.6 is 11.8 Å². The zero-order valence-electron chi connectivity index (χ0n) is 11.8. The molecule has 0 amide bonds. The van der Waals surface area contributed by atoms with Crippen molar-refractivity contribution in [3.8, 4) is 0 Å². The Balaban J connectivity index is 0.000000276. The average molecular weight is 299 g/mol. The number of anilines is 1. The van der Waals surface area contributed by atoms with Crippen molar-refractivity contribution >= 4 is 17.8 Å². The van der Waals surface area contributed by atoms with Crippen LogP contribution in [-0.2, 0) is 12.3 Å². The molecule has 2 aromatic rings. The fourth-order valence-electron chi connectivity index (χ4n) is 1.33.